The van der Waals surface area contributed by atoms with Crippen molar-refractivity contribution < 1.29 is 0 Å². The smallest absolute Gasteiger partial charge is 0.195 e. The molecule has 1 unspecified atom stereocenters. The van der Waals surface area contributed by atoms with Crippen LogP contribution in [0.15, 0.2) is 17.6 Å². The van der Waals surface area contributed by atoms with Crippen molar-refractivity contribution in [3.8, 4) is 0 Å². The standard InChI is InChI=1S/C5H5N2S2/c6-9-2-1-4-5(9)3-7-8-4/h1-3H,6H2/q+1. The Kier molecular flexibility index (Phi) is 1.05. The molecule has 2 nitrogen and oxygen atoms in total. The maximum Gasteiger partial charge on any atom is 0.232 e. The highest BCUT2D eigenvalue weighted by Crippen LogP contribution is 2.28. The molecule has 2 aromatic rings. The van der Waals surface area contributed by atoms with Gasteiger partial charge in [-0.25, -0.2) is 0 Å². The number of aromatic nitrogens is 1. The van der Waals surface area contributed by atoms with Gasteiger partial charge in [0.25, 0.3) is 0 Å². The maximum atomic E-state index is 5.70. The molecule has 2 aromatic heterocycles. The summed E-state index contributed by atoms with van der Waals surface area (Å²) in [6, 6.07) is 2.04. The molecule has 0 aliphatic rings. The molecule has 0 aromatic carbocycles. The number of rotatable bonds is 0. The van der Waals surface area contributed by atoms with Gasteiger partial charge in [0, 0.05) is 6.07 Å². The summed E-state index contributed by atoms with van der Waals surface area (Å²) >= 11 is 1.51. The number of nitrogen functional groups attached to an aromatic ring is 1. The molecule has 0 saturated carbocycles. The number of fused-ring (bicyclic) bond motifs is 1. The normalized spacial score (nSPS) is 12.8. The average Bonchev–Trinajstić information content (AvgIpc) is 2.35. The molecule has 2 heterocycles. The Labute approximate surface area is 59.2 Å². The Bertz CT molecular complexity index is 322. The van der Waals surface area contributed by atoms with E-state index in [0.717, 1.165) is 0 Å². The van der Waals surface area contributed by atoms with Crippen LogP contribution in [0.5, 0.6) is 0 Å². The van der Waals surface area contributed by atoms with Crippen LogP contribution in [0.1, 0.15) is 0 Å². The second-order valence-corrected chi connectivity index (χ2v) is 4.02. The third kappa shape index (κ3) is 0.676. The molecule has 0 aliphatic heterocycles. The zero-order valence-electron chi connectivity index (χ0n) is 4.57. The van der Waals surface area contributed by atoms with Gasteiger partial charge in [-0.2, -0.15) is 4.37 Å². The van der Waals surface area contributed by atoms with Gasteiger partial charge in [0.2, 0.25) is 4.70 Å². The van der Waals surface area contributed by atoms with E-state index in [1.807, 2.05) is 17.6 Å². The summed E-state index contributed by atoms with van der Waals surface area (Å²) in [5.74, 6) is 0. The molecule has 0 amide bonds. The Morgan fingerprint density at radius 1 is 1.67 bits per heavy atom. The van der Waals surface area contributed by atoms with E-state index in [0.29, 0.717) is 0 Å². The molecule has 0 bridgehead atoms. The monoisotopic (exact) mass is 157 g/mol. The SMILES string of the molecule is N[s+]1ccc2sncc21. The summed E-state index contributed by atoms with van der Waals surface area (Å²) in [4.78, 5) is 0. The lowest BCUT2D eigenvalue weighted by atomic mass is 10.6. The minimum absolute atomic E-state index is 0.149. The van der Waals surface area contributed by atoms with Crippen molar-refractivity contribution in [1.29, 1.82) is 0 Å². The highest BCUT2D eigenvalue weighted by atomic mass is 32.2. The topological polar surface area (TPSA) is 38.9 Å². The van der Waals surface area contributed by atoms with Gasteiger partial charge in [0.1, 0.15) is 10.9 Å². The fraction of sp³-hybridized carbons (Fsp3) is 0. The van der Waals surface area contributed by atoms with Crippen LogP contribution in [-0.4, -0.2) is 4.37 Å². The molecule has 9 heavy (non-hydrogen) atoms. The quantitative estimate of drug-likeness (QED) is 0.592. The molecule has 0 aliphatic carbocycles. The van der Waals surface area contributed by atoms with Crippen molar-refractivity contribution >= 4 is 31.6 Å². The predicted octanol–water partition coefficient (Wildman–Crippen LogP) is 1.76. The number of nitrogens with two attached hydrogens (primary N) is 1. The largest absolute Gasteiger partial charge is 0.232 e. The van der Waals surface area contributed by atoms with Gasteiger partial charge in [0.15, 0.2) is 5.38 Å². The van der Waals surface area contributed by atoms with E-state index in [9.17, 15) is 0 Å². The van der Waals surface area contributed by atoms with Gasteiger partial charge >= 0.3 is 0 Å². The number of hydrogen-bond acceptors (Lipinski definition) is 3. The molecule has 46 valence electrons. The summed E-state index contributed by atoms with van der Waals surface area (Å²) in [6.45, 7) is 0. The first-order valence-corrected chi connectivity index (χ1v) is 4.61. The Morgan fingerprint density at radius 3 is 3.33 bits per heavy atom. The fourth-order valence-electron chi connectivity index (χ4n) is 0.738. The molecule has 0 fully saturated rings. The minimum Gasteiger partial charge on any atom is -0.195 e. The minimum atomic E-state index is -0.149. The van der Waals surface area contributed by atoms with Gasteiger partial charge in [-0.1, -0.05) is 0 Å². The lowest BCUT2D eigenvalue weighted by Gasteiger charge is -1.64. The van der Waals surface area contributed by atoms with E-state index < -0.39 is 0 Å². The molecule has 0 saturated heterocycles. The van der Waals surface area contributed by atoms with Crippen LogP contribution in [0.25, 0.3) is 9.40 Å². The Balaban J connectivity index is 2.99. The van der Waals surface area contributed by atoms with Gasteiger partial charge in [-0.3, -0.25) is 0 Å². The number of nitrogens with zero attached hydrogens (tertiary/aromatic N) is 1. The molecular weight excluding hydrogens is 152 g/mol. The summed E-state index contributed by atoms with van der Waals surface area (Å²) in [5, 5.41) is 7.72. The first kappa shape index (κ1) is 5.34. The first-order valence-electron chi connectivity index (χ1n) is 2.48. The predicted molar refractivity (Wildman–Crippen MR) is 42.2 cm³/mol. The number of hydrogen-bond donors (Lipinski definition) is 1. The second kappa shape index (κ2) is 1.76. The summed E-state index contributed by atoms with van der Waals surface area (Å²) < 4.78 is 6.43. The van der Waals surface area contributed by atoms with Crippen LogP contribution in [-0.2, 0) is 0 Å². The Hall–Kier alpha value is -0.450. The van der Waals surface area contributed by atoms with Crippen molar-refractivity contribution in [3.63, 3.8) is 0 Å². The van der Waals surface area contributed by atoms with Gasteiger partial charge in [-0.15, -0.1) is 5.14 Å². The lowest BCUT2D eigenvalue weighted by Crippen LogP contribution is -1.72. The summed E-state index contributed by atoms with van der Waals surface area (Å²) in [5.41, 5.74) is 0. The van der Waals surface area contributed by atoms with E-state index in [1.54, 1.807) is 0 Å². The van der Waals surface area contributed by atoms with Gasteiger partial charge in [0.05, 0.1) is 10.7 Å². The zero-order valence-corrected chi connectivity index (χ0v) is 6.21. The lowest BCUT2D eigenvalue weighted by molar-refractivity contribution is 1.62. The second-order valence-electron chi connectivity index (χ2n) is 1.73. The van der Waals surface area contributed by atoms with Crippen molar-refractivity contribution in [2.75, 3.05) is 5.14 Å². The third-order valence-corrected chi connectivity index (χ3v) is 3.34. The van der Waals surface area contributed by atoms with Crippen LogP contribution in [0, 0.1) is 0 Å². The number of thiophene rings is 1. The van der Waals surface area contributed by atoms with Crippen molar-refractivity contribution in [3.05, 3.63) is 17.6 Å². The van der Waals surface area contributed by atoms with E-state index in [2.05, 4.69) is 4.37 Å². The highest BCUT2D eigenvalue weighted by Gasteiger charge is 2.08. The molecule has 2 rings (SSSR count). The Morgan fingerprint density at radius 2 is 2.56 bits per heavy atom. The van der Waals surface area contributed by atoms with Crippen molar-refractivity contribution in [2.45, 2.75) is 0 Å². The summed E-state index contributed by atoms with van der Waals surface area (Å²) in [7, 11) is -0.149. The van der Waals surface area contributed by atoms with Crippen molar-refractivity contribution in [2.24, 2.45) is 0 Å². The maximum absolute atomic E-state index is 5.70. The van der Waals surface area contributed by atoms with Crippen LogP contribution in [0.2, 0.25) is 0 Å². The summed E-state index contributed by atoms with van der Waals surface area (Å²) in [6.07, 6.45) is 1.85. The van der Waals surface area contributed by atoms with Gasteiger partial charge in [-0.05, 0) is 11.5 Å². The van der Waals surface area contributed by atoms with Crippen LogP contribution >= 0.6 is 22.2 Å². The third-order valence-electron chi connectivity index (χ3n) is 1.18. The highest BCUT2D eigenvalue weighted by molar-refractivity contribution is 7.38. The molecule has 1 atom stereocenters. The first-order chi connectivity index (χ1) is 4.38. The average molecular weight is 157 g/mol. The van der Waals surface area contributed by atoms with Crippen LogP contribution in [0.4, 0.5) is 0 Å². The zero-order chi connectivity index (χ0) is 6.27. The fourth-order valence-corrected chi connectivity index (χ4v) is 2.74. The molecule has 2 N–H and O–H groups in total. The van der Waals surface area contributed by atoms with Crippen LogP contribution < -0.4 is 5.14 Å². The van der Waals surface area contributed by atoms with Gasteiger partial charge < -0.3 is 0 Å². The van der Waals surface area contributed by atoms with Crippen molar-refractivity contribution in [1.82, 2.24) is 4.37 Å². The van der Waals surface area contributed by atoms with Crippen LogP contribution in [0.3, 0.4) is 0 Å². The van der Waals surface area contributed by atoms with E-state index >= 15 is 0 Å². The molecule has 4 heteroatoms. The molecule has 0 radical (unpaired) electrons. The van der Waals surface area contributed by atoms with E-state index in [4.69, 9.17) is 5.14 Å². The van der Waals surface area contributed by atoms with E-state index in [-0.39, 0.29) is 10.7 Å². The molecule has 0 spiro atoms. The van der Waals surface area contributed by atoms with E-state index in [1.165, 1.54) is 20.9 Å². The molecular formula is C5H5N2S2+.